The smallest absolute Gasteiger partial charge is 0.348 e. The van der Waals surface area contributed by atoms with E-state index in [-0.39, 0.29) is 14.8 Å². The zero-order chi connectivity index (χ0) is 15.5. The number of carbonyl (C=O) groups excluding carboxylic acids is 1. The standard InChI is InChI=1S/C10H13NO7S2/c1-5(8(12)13)11-20(15,16)10-6(17-2)4-7(19-10)9(14)18-3/h4-5,11H,1-3H3,(H,12,13)/t5-/m1/s1. The van der Waals surface area contributed by atoms with Gasteiger partial charge >= 0.3 is 11.9 Å². The number of sulfonamides is 1. The van der Waals surface area contributed by atoms with Gasteiger partial charge in [0.05, 0.1) is 14.2 Å². The Morgan fingerprint density at radius 3 is 2.45 bits per heavy atom. The molecule has 0 aliphatic carbocycles. The molecule has 1 atom stereocenters. The van der Waals surface area contributed by atoms with Crippen molar-refractivity contribution in [3.63, 3.8) is 0 Å². The highest BCUT2D eigenvalue weighted by molar-refractivity contribution is 7.91. The summed E-state index contributed by atoms with van der Waals surface area (Å²) in [5.41, 5.74) is 0. The Hall–Kier alpha value is -1.65. The first-order chi connectivity index (χ1) is 9.22. The molecule has 0 aliphatic rings. The van der Waals surface area contributed by atoms with Gasteiger partial charge < -0.3 is 14.6 Å². The van der Waals surface area contributed by atoms with E-state index < -0.39 is 28.0 Å². The van der Waals surface area contributed by atoms with Crippen molar-refractivity contribution in [3.05, 3.63) is 10.9 Å². The molecule has 8 nitrogen and oxygen atoms in total. The van der Waals surface area contributed by atoms with Crippen LogP contribution in [0.1, 0.15) is 16.6 Å². The third-order valence-electron chi connectivity index (χ3n) is 2.22. The molecule has 112 valence electrons. The molecule has 1 aromatic rings. The van der Waals surface area contributed by atoms with Crippen LogP contribution in [0.2, 0.25) is 0 Å². The molecule has 0 saturated carbocycles. The van der Waals surface area contributed by atoms with Crippen LogP contribution in [0.3, 0.4) is 0 Å². The molecule has 0 amide bonds. The number of rotatable bonds is 6. The van der Waals surface area contributed by atoms with Crippen LogP contribution >= 0.6 is 11.3 Å². The summed E-state index contributed by atoms with van der Waals surface area (Å²) in [7, 11) is -1.71. The Labute approximate surface area is 119 Å². The highest BCUT2D eigenvalue weighted by Gasteiger charge is 2.28. The topological polar surface area (TPSA) is 119 Å². The summed E-state index contributed by atoms with van der Waals surface area (Å²) in [5.74, 6) is -2.08. The second kappa shape index (κ2) is 6.20. The van der Waals surface area contributed by atoms with E-state index in [4.69, 9.17) is 9.84 Å². The van der Waals surface area contributed by atoms with Crippen molar-refractivity contribution >= 4 is 33.3 Å². The molecule has 1 rings (SSSR count). The van der Waals surface area contributed by atoms with Crippen molar-refractivity contribution in [1.29, 1.82) is 0 Å². The quantitative estimate of drug-likeness (QED) is 0.722. The van der Waals surface area contributed by atoms with Gasteiger partial charge in [0, 0.05) is 6.07 Å². The Morgan fingerprint density at radius 1 is 1.40 bits per heavy atom. The predicted molar refractivity (Wildman–Crippen MR) is 69.6 cm³/mol. The summed E-state index contributed by atoms with van der Waals surface area (Å²) < 4.78 is 35.2. The van der Waals surface area contributed by atoms with Crippen LogP contribution in [-0.4, -0.2) is 45.7 Å². The van der Waals surface area contributed by atoms with E-state index in [2.05, 4.69) is 4.74 Å². The lowest BCUT2D eigenvalue weighted by atomic mass is 10.4. The van der Waals surface area contributed by atoms with Crippen molar-refractivity contribution in [3.8, 4) is 5.75 Å². The van der Waals surface area contributed by atoms with Gasteiger partial charge in [-0.3, -0.25) is 4.79 Å². The van der Waals surface area contributed by atoms with E-state index in [0.29, 0.717) is 11.3 Å². The fourth-order valence-electron chi connectivity index (χ4n) is 1.22. The molecule has 0 radical (unpaired) electrons. The zero-order valence-corrected chi connectivity index (χ0v) is 12.5. The summed E-state index contributed by atoms with van der Waals surface area (Å²) in [4.78, 5) is 22.1. The van der Waals surface area contributed by atoms with Crippen LogP contribution in [0.5, 0.6) is 5.75 Å². The lowest BCUT2D eigenvalue weighted by Crippen LogP contribution is -2.38. The summed E-state index contributed by atoms with van der Waals surface area (Å²) in [6.45, 7) is 1.18. The number of ether oxygens (including phenoxy) is 2. The molecule has 1 aromatic heterocycles. The molecule has 2 N–H and O–H groups in total. The largest absolute Gasteiger partial charge is 0.494 e. The number of carbonyl (C=O) groups is 2. The van der Waals surface area contributed by atoms with E-state index in [1.807, 2.05) is 4.72 Å². The van der Waals surface area contributed by atoms with E-state index in [1.165, 1.54) is 20.1 Å². The Kier molecular flexibility index (Phi) is 5.09. The van der Waals surface area contributed by atoms with Crippen molar-refractivity contribution in [2.45, 2.75) is 17.2 Å². The fourth-order valence-corrected chi connectivity index (χ4v) is 3.93. The minimum Gasteiger partial charge on any atom is -0.494 e. The molecular formula is C10H13NO7S2. The van der Waals surface area contributed by atoms with Gasteiger partial charge in [0.25, 0.3) is 10.0 Å². The third-order valence-corrected chi connectivity index (χ3v) is 5.37. The molecule has 0 spiro atoms. The molecule has 0 fully saturated rings. The van der Waals surface area contributed by atoms with Gasteiger partial charge in [-0.2, -0.15) is 4.72 Å². The monoisotopic (exact) mass is 323 g/mol. The van der Waals surface area contributed by atoms with Gasteiger partial charge in [-0.1, -0.05) is 0 Å². The van der Waals surface area contributed by atoms with Crippen LogP contribution in [0, 0.1) is 0 Å². The van der Waals surface area contributed by atoms with Crippen LogP contribution in [0.15, 0.2) is 10.3 Å². The molecule has 0 bridgehead atoms. The van der Waals surface area contributed by atoms with E-state index in [1.54, 1.807) is 0 Å². The van der Waals surface area contributed by atoms with Crippen LogP contribution < -0.4 is 9.46 Å². The molecule has 0 saturated heterocycles. The Bertz CT molecular complexity index is 620. The lowest BCUT2D eigenvalue weighted by Gasteiger charge is -2.09. The average Bonchev–Trinajstić information content (AvgIpc) is 2.82. The highest BCUT2D eigenvalue weighted by atomic mass is 32.2. The number of nitrogens with one attached hydrogen (secondary N) is 1. The first-order valence-corrected chi connectivity index (χ1v) is 7.54. The number of thiophene rings is 1. The van der Waals surface area contributed by atoms with Gasteiger partial charge in [-0.15, -0.1) is 11.3 Å². The van der Waals surface area contributed by atoms with Gasteiger partial charge in [-0.05, 0) is 6.92 Å². The van der Waals surface area contributed by atoms with Crippen molar-refractivity contribution in [2.75, 3.05) is 14.2 Å². The van der Waals surface area contributed by atoms with Gasteiger partial charge in [0.15, 0.2) is 9.96 Å². The summed E-state index contributed by atoms with van der Waals surface area (Å²) in [6.07, 6.45) is 0. The minimum atomic E-state index is -4.11. The third kappa shape index (κ3) is 3.46. The maximum absolute atomic E-state index is 12.1. The number of carboxylic acids is 1. The second-order valence-corrected chi connectivity index (χ2v) is 6.60. The second-order valence-electron chi connectivity index (χ2n) is 3.64. The number of carboxylic acid groups (broad SMARTS) is 1. The summed E-state index contributed by atoms with van der Waals surface area (Å²) in [6, 6.07) is -0.0929. The number of esters is 1. The van der Waals surface area contributed by atoms with Crippen molar-refractivity contribution < 1.29 is 32.6 Å². The average molecular weight is 323 g/mol. The summed E-state index contributed by atoms with van der Waals surface area (Å²) in [5, 5.41) is 8.72. The molecule has 0 aromatic carbocycles. The molecular weight excluding hydrogens is 310 g/mol. The first kappa shape index (κ1) is 16.4. The number of hydrogen-bond acceptors (Lipinski definition) is 7. The molecule has 1 heterocycles. The maximum atomic E-state index is 12.1. The summed E-state index contributed by atoms with van der Waals surface area (Å²) >= 11 is 0.634. The SMILES string of the molecule is COC(=O)c1cc(OC)c(S(=O)(=O)N[C@H](C)C(=O)O)s1. The predicted octanol–water partition coefficient (Wildman–Crippen LogP) is 0.295. The molecule has 0 unspecified atom stereocenters. The van der Waals surface area contributed by atoms with Crippen LogP contribution in [0.4, 0.5) is 0 Å². The first-order valence-electron chi connectivity index (χ1n) is 5.24. The fraction of sp³-hybridized carbons (Fsp3) is 0.400. The number of aliphatic carboxylic acids is 1. The van der Waals surface area contributed by atoms with Gasteiger partial charge in [0.2, 0.25) is 0 Å². The zero-order valence-electron chi connectivity index (χ0n) is 10.9. The Balaban J connectivity index is 3.20. The van der Waals surface area contributed by atoms with Crippen molar-refractivity contribution in [2.24, 2.45) is 0 Å². The molecule has 0 aliphatic heterocycles. The number of methoxy groups -OCH3 is 2. The maximum Gasteiger partial charge on any atom is 0.348 e. The highest BCUT2D eigenvalue weighted by Crippen LogP contribution is 2.33. The molecule has 10 heteroatoms. The molecule has 20 heavy (non-hydrogen) atoms. The van der Waals surface area contributed by atoms with Crippen LogP contribution in [-0.2, 0) is 19.6 Å². The normalized spacial score (nSPS) is 12.8. The minimum absolute atomic E-state index is 0.0349. The van der Waals surface area contributed by atoms with Crippen molar-refractivity contribution in [1.82, 2.24) is 4.72 Å². The lowest BCUT2D eigenvalue weighted by molar-refractivity contribution is -0.138. The van der Waals surface area contributed by atoms with Crippen LogP contribution in [0.25, 0.3) is 0 Å². The van der Waals surface area contributed by atoms with Gasteiger partial charge in [-0.25, -0.2) is 13.2 Å². The van der Waals surface area contributed by atoms with E-state index in [0.717, 1.165) is 7.11 Å². The van der Waals surface area contributed by atoms with Gasteiger partial charge in [0.1, 0.15) is 10.9 Å². The Morgan fingerprint density at radius 2 is 2.00 bits per heavy atom. The van der Waals surface area contributed by atoms with E-state index in [9.17, 15) is 18.0 Å². The van der Waals surface area contributed by atoms with E-state index >= 15 is 0 Å². The number of hydrogen-bond donors (Lipinski definition) is 2.